The Labute approximate surface area is 113 Å². The van der Waals surface area contributed by atoms with Crippen molar-refractivity contribution in [1.29, 1.82) is 0 Å². The third kappa shape index (κ3) is 4.17. The van der Waals surface area contributed by atoms with E-state index in [0.717, 1.165) is 0 Å². The molecular weight excluding hydrogens is 247 g/mol. The molecule has 0 aliphatic rings. The Bertz CT molecular complexity index is 448. The van der Waals surface area contributed by atoms with Gasteiger partial charge in [-0.2, -0.15) is 0 Å². The maximum Gasteiger partial charge on any atom is 0.254 e. The molecule has 1 heterocycles. The molecule has 0 aromatic carbocycles. The number of halogens is 1. The first-order valence-corrected chi connectivity index (χ1v) is 6.18. The molecular formula is C13H21FN4O. The summed E-state index contributed by atoms with van der Waals surface area (Å²) < 4.78 is 13.7. The molecule has 0 aliphatic carbocycles. The van der Waals surface area contributed by atoms with Gasteiger partial charge in [0.2, 0.25) is 0 Å². The number of nitrogens with one attached hydrogen (secondary N) is 1. The van der Waals surface area contributed by atoms with Crippen molar-refractivity contribution in [2.24, 2.45) is 5.92 Å². The number of carbonyl (C=O) groups is 1. The molecule has 3 N–H and O–H groups in total. The van der Waals surface area contributed by atoms with E-state index in [1.54, 1.807) is 0 Å². The van der Waals surface area contributed by atoms with E-state index in [4.69, 9.17) is 5.73 Å². The average molecular weight is 268 g/mol. The minimum Gasteiger partial charge on any atom is -0.381 e. The van der Waals surface area contributed by atoms with Gasteiger partial charge in [-0.15, -0.1) is 0 Å². The third-order valence-corrected chi connectivity index (χ3v) is 2.84. The molecule has 1 amide bonds. The van der Waals surface area contributed by atoms with Crippen LogP contribution in [0.2, 0.25) is 0 Å². The predicted molar refractivity (Wildman–Crippen MR) is 73.3 cm³/mol. The molecule has 0 fully saturated rings. The van der Waals surface area contributed by atoms with Crippen LogP contribution in [0.5, 0.6) is 0 Å². The van der Waals surface area contributed by atoms with Gasteiger partial charge in [-0.25, -0.2) is 9.37 Å². The second kappa shape index (κ2) is 6.47. The highest BCUT2D eigenvalue weighted by Gasteiger charge is 2.20. The second-order valence-corrected chi connectivity index (χ2v) is 5.14. The summed E-state index contributed by atoms with van der Waals surface area (Å²) in [5, 5.41) is 2.83. The number of aromatic nitrogens is 1. The molecule has 1 atom stereocenters. The molecule has 0 aliphatic heterocycles. The van der Waals surface area contributed by atoms with Gasteiger partial charge >= 0.3 is 0 Å². The van der Waals surface area contributed by atoms with Crippen LogP contribution >= 0.6 is 0 Å². The Hall–Kier alpha value is -1.69. The Morgan fingerprint density at radius 2 is 2.16 bits per heavy atom. The number of nitrogens with two attached hydrogens (primary N) is 1. The highest BCUT2D eigenvalue weighted by molar-refractivity contribution is 5.95. The fourth-order valence-electron chi connectivity index (χ4n) is 1.70. The second-order valence-electron chi connectivity index (χ2n) is 5.14. The van der Waals surface area contributed by atoms with Gasteiger partial charge in [-0.3, -0.25) is 4.79 Å². The topological polar surface area (TPSA) is 71.2 Å². The maximum absolute atomic E-state index is 13.7. The number of anilines is 1. The zero-order chi connectivity index (χ0) is 14.6. The number of hydrogen-bond acceptors (Lipinski definition) is 4. The van der Waals surface area contributed by atoms with E-state index in [-0.39, 0.29) is 23.3 Å². The van der Waals surface area contributed by atoms with Gasteiger partial charge in [0.15, 0.2) is 11.6 Å². The zero-order valence-corrected chi connectivity index (χ0v) is 11.8. The Morgan fingerprint density at radius 3 is 2.68 bits per heavy atom. The highest BCUT2D eigenvalue weighted by atomic mass is 19.1. The van der Waals surface area contributed by atoms with Crippen molar-refractivity contribution >= 4 is 11.7 Å². The molecule has 1 unspecified atom stereocenters. The van der Waals surface area contributed by atoms with Gasteiger partial charge in [0.25, 0.3) is 5.91 Å². The van der Waals surface area contributed by atoms with Crippen LogP contribution < -0.4 is 11.1 Å². The largest absolute Gasteiger partial charge is 0.381 e. The van der Waals surface area contributed by atoms with Crippen molar-refractivity contribution in [2.45, 2.75) is 19.9 Å². The van der Waals surface area contributed by atoms with E-state index in [1.165, 1.54) is 12.3 Å². The lowest BCUT2D eigenvalue weighted by Gasteiger charge is -2.25. The van der Waals surface area contributed by atoms with E-state index < -0.39 is 11.7 Å². The lowest BCUT2D eigenvalue weighted by molar-refractivity contribution is 0.0912. The fourth-order valence-corrected chi connectivity index (χ4v) is 1.70. The van der Waals surface area contributed by atoms with Crippen LogP contribution in [0.15, 0.2) is 12.3 Å². The molecule has 5 nitrogen and oxygen atoms in total. The molecule has 0 radical (unpaired) electrons. The Kier molecular flexibility index (Phi) is 5.23. The van der Waals surface area contributed by atoms with Crippen molar-refractivity contribution in [3.63, 3.8) is 0 Å². The zero-order valence-electron chi connectivity index (χ0n) is 11.8. The van der Waals surface area contributed by atoms with Crippen LogP contribution in [-0.4, -0.2) is 42.5 Å². The predicted octanol–water partition coefficient (Wildman–Crippen LogP) is 1.12. The molecule has 0 bridgehead atoms. The van der Waals surface area contributed by atoms with Crippen molar-refractivity contribution in [2.75, 3.05) is 26.4 Å². The summed E-state index contributed by atoms with van der Waals surface area (Å²) >= 11 is 0. The number of carbonyl (C=O) groups excluding carboxylic acids is 1. The molecule has 6 heteroatoms. The van der Waals surface area contributed by atoms with Crippen LogP contribution in [-0.2, 0) is 0 Å². The van der Waals surface area contributed by atoms with Crippen molar-refractivity contribution in [3.8, 4) is 0 Å². The van der Waals surface area contributed by atoms with Gasteiger partial charge in [0.05, 0.1) is 5.56 Å². The fraction of sp³-hybridized carbons (Fsp3) is 0.538. The summed E-state index contributed by atoms with van der Waals surface area (Å²) in [6, 6.07) is 1.27. The third-order valence-electron chi connectivity index (χ3n) is 2.84. The number of likely N-dealkylation sites (N-methyl/N-ethyl adjacent to an activating group) is 1. The number of rotatable bonds is 5. The molecule has 1 rings (SSSR count). The van der Waals surface area contributed by atoms with Crippen molar-refractivity contribution < 1.29 is 9.18 Å². The van der Waals surface area contributed by atoms with Gasteiger partial charge < -0.3 is 16.0 Å². The average Bonchev–Trinajstić information content (AvgIpc) is 2.31. The van der Waals surface area contributed by atoms with Gasteiger partial charge in [-0.1, -0.05) is 13.8 Å². The van der Waals surface area contributed by atoms with E-state index in [2.05, 4.69) is 10.3 Å². The molecule has 1 aromatic rings. The van der Waals surface area contributed by atoms with E-state index >= 15 is 0 Å². The van der Waals surface area contributed by atoms with Gasteiger partial charge in [0, 0.05) is 18.8 Å². The maximum atomic E-state index is 13.7. The first-order valence-electron chi connectivity index (χ1n) is 6.18. The summed E-state index contributed by atoms with van der Waals surface area (Å²) in [5.41, 5.74) is 5.28. The first-order chi connectivity index (χ1) is 8.82. The quantitative estimate of drug-likeness (QED) is 0.839. The van der Waals surface area contributed by atoms with E-state index in [0.29, 0.717) is 6.54 Å². The Morgan fingerprint density at radius 1 is 1.53 bits per heavy atom. The standard InChI is InChI=1S/C13H21FN4O/c1-8(2)10(7-18(3)4)17-13(19)9-5-6-16-12(15)11(9)14/h5-6,8,10H,7H2,1-4H3,(H2,15,16)(H,17,19). The lowest BCUT2D eigenvalue weighted by atomic mass is 10.0. The van der Waals surface area contributed by atoms with Gasteiger partial charge in [0.1, 0.15) is 0 Å². The minimum atomic E-state index is -0.771. The lowest BCUT2D eigenvalue weighted by Crippen LogP contribution is -2.45. The first kappa shape index (κ1) is 15.4. The molecule has 1 aromatic heterocycles. The molecule has 19 heavy (non-hydrogen) atoms. The van der Waals surface area contributed by atoms with Crippen LogP contribution in [0.1, 0.15) is 24.2 Å². The smallest absolute Gasteiger partial charge is 0.254 e. The summed E-state index contributed by atoms with van der Waals surface area (Å²) in [6.07, 6.45) is 1.32. The van der Waals surface area contributed by atoms with E-state index in [1.807, 2.05) is 32.8 Å². The van der Waals surface area contributed by atoms with Crippen LogP contribution in [0, 0.1) is 11.7 Å². The summed E-state index contributed by atoms with van der Waals surface area (Å²) in [4.78, 5) is 17.6. The van der Waals surface area contributed by atoms with Crippen LogP contribution in [0.3, 0.4) is 0 Å². The number of nitrogens with zero attached hydrogens (tertiary/aromatic N) is 2. The number of pyridine rings is 1. The van der Waals surface area contributed by atoms with Crippen LogP contribution in [0.4, 0.5) is 10.2 Å². The highest BCUT2D eigenvalue weighted by Crippen LogP contribution is 2.12. The Balaban J connectivity index is 2.85. The molecule has 0 saturated carbocycles. The normalized spacial score (nSPS) is 12.8. The molecule has 0 saturated heterocycles. The summed E-state index contributed by atoms with van der Waals surface area (Å²) in [5.74, 6) is -1.26. The molecule has 106 valence electrons. The van der Waals surface area contributed by atoms with Crippen molar-refractivity contribution in [1.82, 2.24) is 15.2 Å². The van der Waals surface area contributed by atoms with Crippen molar-refractivity contribution in [3.05, 3.63) is 23.6 Å². The van der Waals surface area contributed by atoms with E-state index in [9.17, 15) is 9.18 Å². The number of amides is 1. The summed E-state index contributed by atoms with van der Waals surface area (Å²) in [6.45, 7) is 4.70. The monoisotopic (exact) mass is 268 g/mol. The van der Waals surface area contributed by atoms with Gasteiger partial charge in [-0.05, 0) is 26.1 Å². The summed E-state index contributed by atoms with van der Waals surface area (Å²) in [7, 11) is 3.85. The SMILES string of the molecule is CC(C)C(CN(C)C)NC(=O)c1ccnc(N)c1F. The molecule has 0 spiro atoms. The number of nitrogen functional groups attached to an aromatic ring is 1. The van der Waals surface area contributed by atoms with Crippen LogP contribution in [0.25, 0.3) is 0 Å². The number of hydrogen-bond donors (Lipinski definition) is 2. The minimum absolute atomic E-state index is 0.0590.